The summed E-state index contributed by atoms with van der Waals surface area (Å²) in [5.41, 5.74) is 3.05. The first-order chi connectivity index (χ1) is 15.0. The third-order valence-corrected chi connectivity index (χ3v) is 7.81. The number of hydrogen-bond donors (Lipinski definition) is 1. The number of hydrogen-bond acceptors (Lipinski definition) is 4. The monoisotopic (exact) mass is 440 g/mol. The molecule has 1 aliphatic heterocycles. The summed E-state index contributed by atoms with van der Waals surface area (Å²) in [7, 11) is -3.58. The minimum absolute atomic E-state index is 0.229. The van der Waals surface area contributed by atoms with Crippen LogP contribution >= 0.6 is 0 Å². The van der Waals surface area contributed by atoms with Crippen molar-refractivity contribution in [2.24, 2.45) is 0 Å². The van der Waals surface area contributed by atoms with Crippen LogP contribution in [-0.4, -0.2) is 47.8 Å². The minimum atomic E-state index is -3.58. The second-order valence-electron chi connectivity index (χ2n) is 7.98. The molecule has 1 amide bonds. The zero-order valence-electron chi connectivity index (χ0n) is 17.8. The quantitative estimate of drug-likeness (QED) is 0.571. The van der Waals surface area contributed by atoms with Gasteiger partial charge >= 0.3 is 0 Å². The van der Waals surface area contributed by atoms with Crippen molar-refractivity contribution in [3.63, 3.8) is 0 Å². The number of rotatable bonds is 7. The lowest BCUT2D eigenvalue weighted by Gasteiger charge is -2.26. The van der Waals surface area contributed by atoms with Gasteiger partial charge in [-0.3, -0.25) is 4.79 Å². The summed E-state index contributed by atoms with van der Waals surface area (Å²) in [6.07, 6.45) is 5.37. The summed E-state index contributed by atoms with van der Waals surface area (Å²) in [4.78, 5) is 17.2. The number of benzene rings is 2. The molecule has 0 aliphatic carbocycles. The maximum atomic E-state index is 13.1. The normalized spacial score (nSPS) is 15.3. The van der Waals surface area contributed by atoms with Crippen molar-refractivity contribution in [2.75, 3.05) is 19.6 Å². The lowest BCUT2D eigenvalue weighted by Crippen LogP contribution is -2.36. The Kier molecular flexibility index (Phi) is 6.38. The van der Waals surface area contributed by atoms with Crippen molar-refractivity contribution in [2.45, 2.75) is 44.0 Å². The Balaban J connectivity index is 1.39. The first-order valence-corrected chi connectivity index (χ1v) is 12.2. The molecule has 0 unspecified atom stereocenters. The maximum absolute atomic E-state index is 13.1. The fraction of sp³-hybridized carbons (Fsp3) is 0.391. The van der Waals surface area contributed by atoms with Crippen molar-refractivity contribution in [3.8, 4) is 0 Å². The molecule has 164 valence electrons. The van der Waals surface area contributed by atoms with Gasteiger partial charge < -0.3 is 9.88 Å². The molecule has 0 atom stereocenters. The molecule has 1 aromatic heterocycles. The SMILES string of the molecule is Cc1ccc(C(=O)NCCCn2cnc3ccccc32)cc1S(=O)(=O)N1CCCCC1. The van der Waals surface area contributed by atoms with Gasteiger partial charge in [-0.1, -0.05) is 24.6 Å². The number of sulfonamides is 1. The van der Waals surface area contributed by atoms with E-state index in [4.69, 9.17) is 0 Å². The van der Waals surface area contributed by atoms with Gasteiger partial charge in [0.25, 0.3) is 5.91 Å². The standard InChI is InChI=1S/C23H28N4O3S/c1-18-10-11-19(16-22(18)31(29,30)27-14-5-2-6-15-27)23(28)24-12-7-13-26-17-25-20-8-3-4-9-21(20)26/h3-4,8-11,16-17H,2,5-7,12-15H2,1H3,(H,24,28). The number of aryl methyl sites for hydroxylation is 2. The van der Waals surface area contributed by atoms with Gasteiger partial charge in [-0.05, 0) is 56.0 Å². The van der Waals surface area contributed by atoms with Crippen LogP contribution in [0.25, 0.3) is 11.0 Å². The Morgan fingerprint density at radius 2 is 1.87 bits per heavy atom. The Hall–Kier alpha value is -2.71. The highest BCUT2D eigenvalue weighted by Crippen LogP contribution is 2.24. The molecule has 0 spiro atoms. The van der Waals surface area contributed by atoms with Crippen LogP contribution in [0.1, 0.15) is 41.6 Å². The van der Waals surface area contributed by atoms with Gasteiger partial charge in [0, 0.05) is 31.7 Å². The summed E-state index contributed by atoms with van der Waals surface area (Å²) >= 11 is 0. The Bertz CT molecular complexity index is 1180. The van der Waals surface area contributed by atoms with E-state index in [-0.39, 0.29) is 10.8 Å². The summed E-state index contributed by atoms with van der Waals surface area (Å²) in [6, 6.07) is 12.8. The van der Waals surface area contributed by atoms with Gasteiger partial charge in [-0.25, -0.2) is 13.4 Å². The summed E-state index contributed by atoms with van der Waals surface area (Å²) in [6.45, 7) is 4.09. The molecule has 31 heavy (non-hydrogen) atoms. The zero-order valence-corrected chi connectivity index (χ0v) is 18.6. The van der Waals surface area contributed by atoms with Gasteiger partial charge in [0.1, 0.15) is 0 Å². The molecule has 1 saturated heterocycles. The molecule has 2 heterocycles. The second kappa shape index (κ2) is 9.20. The highest BCUT2D eigenvalue weighted by atomic mass is 32.2. The molecular weight excluding hydrogens is 412 g/mol. The highest BCUT2D eigenvalue weighted by Gasteiger charge is 2.28. The van der Waals surface area contributed by atoms with E-state index in [0.717, 1.165) is 43.3 Å². The van der Waals surface area contributed by atoms with Crippen LogP contribution < -0.4 is 5.32 Å². The topological polar surface area (TPSA) is 84.3 Å². The number of nitrogens with one attached hydrogen (secondary N) is 1. The summed E-state index contributed by atoms with van der Waals surface area (Å²) in [5, 5.41) is 2.91. The number of carbonyl (C=O) groups excluding carboxylic acids is 1. The lowest BCUT2D eigenvalue weighted by atomic mass is 10.1. The van der Waals surface area contributed by atoms with Gasteiger partial charge in [0.2, 0.25) is 10.0 Å². The molecule has 1 fully saturated rings. The van der Waals surface area contributed by atoms with Gasteiger partial charge in [0.05, 0.1) is 22.3 Å². The number of para-hydroxylation sites is 2. The average Bonchev–Trinajstić information content (AvgIpc) is 3.20. The minimum Gasteiger partial charge on any atom is -0.352 e. The van der Waals surface area contributed by atoms with E-state index in [2.05, 4.69) is 14.9 Å². The molecule has 4 rings (SSSR count). The number of amides is 1. The van der Waals surface area contributed by atoms with E-state index >= 15 is 0 Å². The molecule has 8 heteroatoms. The molecule has 7 nitrogen and oxygen atoms in total. The molecule has 1 aliphatic rings. The molecule has 2 aromatic carbocycles. The molecule has 3 aromatic rings. The number of carbonyl (C=O) groups is 1. The Morgan fingerprint density at radius 3 is 2.68 bits per heavy atom. The molecule has 0 bridgehead atoms. The van der Waals surface area contributed by atoms with Crippen LogP contribution in [0.5, 0.6) is 0 Å². The van der Waals surface area contributed by atoms with E-state index in [9.17, 15) is 13.2 Å². The van der Waals surface area contributed by atoms with Crippen LogP contribution in [0, 0.1) is 6.92 Å². The second-order valence-corrected chi connectivity index (χ2v) is 9.89. The van der Waals surface area contributed by atoms with Gasteiger partial charge in [0.15, 0.2) is 0 Å². The maximum Gasteiger partial charge on any atom is 0.251 e. The molecule has 0 radical (unpaired) electrons. The van der Waals surface area contributed by atoms with Crippen molar-refractivity contribution in [1.82, 2.24) is 19.2 Å². The van der Waals surface area contributed by atoms with Crippen molar-refractivity contribution in [3.05, 3.63) is 59.9 Å². The number of aromatic nitrogens is 2. The van der Waals surface area contributed by atoms with E-state index in [1.165, 1.54) is 10.4 Å². The fourth-order valence-electron chi connectivity index (χ4n) is 4.01. The molecular formula is C23H28N4O3S. The average molecular weight is 441 g/mol. The van der Waals surface area contributed by atoms with E-state index < -0.39 is 10.0 Å². The van der Waals surface area contributed by atoms with Crippen LogP contribution in [0.15, 0.2) is 53.7 Å². The highest BCUT2D eigenvalue weighted by molar-refractivity contribution is 7.89. The van der Waals surface area contributed by atoms with Crippen LogP contribution in [-0.2, 0) is 16.6 Å². The number of fused-ring (bicyclic) bond motifs is 1. The molecule has 0 saturated carbocycles. The fourth-order valence-corrected chi connectivity index (χ4v) is 5.77. The predicted octanol–water partition coefficient (Wildman–Crippen LogP) is 3.34. The number of imidazole rings is 1. The third-order valence-electron chi connectivity index (χ3n) is 5.77. The van der Waals surface area contributed by atoms with E-state index in [1.807, 2.05) is 30.6 Å². The Labute approximate surface area is 183 Å². The van der Waals surface area contributed by atoms with Crippen molar-refractivity contribution < 1.29 is 13.2 Å². The summed E-state index contributed by atoms with van der Waals surface area (Å²) in [5.74, 6) is -0.259. The lowest BCUT2D eigenvalue weighted by molar-refractivity contribution is 0.0952. The van der Waals surface area contributed by atoms with Crippen LogP contribution in [0.3, 0.4) is 0 Å². The van der Waals surface area contributed by atoms with Crippen LogP contribution in [0.2, 0.25) is 0 Å². The molecule has 1 N–H and O–H groups in total. The smallest absolute Gasteiger partial charge is 0.251 e. The largest absolute Gasteiger partial charge is 0.352 e. The van der Waals surface area contributed by atoms with Gasteiger partial charge in [-0.2, -0.15) is 4.31 Å². The summed E-state index contributed by atoms with van der Waals surface area (Å²) < 4.78 is 29.7. The van der Waals surface area contributed by atoms with Gasteiger partial charge in [-0.15, -0.1) is 0 Å². The van der Waals surface area contributed by atoms with E-state index in [0.29, 0.717) is 30.8 Å². The first kappa shape index (κ1) is 21.5. The first-order valence-electron chi connectivity index (χ1n) is 10.8. The number of nitrogens with zero attached hydrogens (tertiary/aromatic N) is 3. The predicted molar refractivity (Wildman–Crippen MR) is 120 cm³/mol. The van der Waals surface area contributed by atoms with Crippen molar-refractivity contribution >= 4 is 27.0 Å². The zero-order chi connectivity index (χ0) is 21.8. The van der Waals surface area contributed by atoms with Crippen molar-refractivity contribution in [1.29, 1.82) is 0 Å². The van der Waals surface area contributed by atoms with Crippen LogP contribution in [0.4, 0.5) is 0 Å². The van der Waals surface area contributed by atoms with E-state index in [1.54, 1.807) is 19.1 Å². The Morgan fingerprint density at radius 1 is 1.10 bits per heavy atom. The third kappa shape index (κ3) is 4.65. The number of piperidine rings is 1.